The number of aliphatic hydroxyl groups is 1. The van der Waals surface area contributed by atoms with Crippen LogP contribution in [0.1, 0.15) is 35.8 Å². The van der Waals surface area contributed by atoms with Gasteiger partial charge in [-0.2, -0.15) is 0 Å². The lowest BCUT2D eigenvalue weighted by Gasteiger charge is -2.08. The topological polar surface area (TPSA) is 62.2 Å². The molecule has 0 fully saturated rings. The van der Waals surface area contributed by atoms with Gasteiger partial charge in [-0.05, 0) is 31.9 Å². The summed E-state index contributed by atoms with van der Waals surface area (Å²) in [4.78, 5) is 15.6. The number of rotatable bonds is 5. The quantitative estimate of drug-likeness (QED) is 0.789. The second-order valence-electron chi connectivity index (χ2n) is 3.79. The van der Waals surface area contributed by atoms with Crippen LogP contribution in [0.3, 0.4) is 0 Å². The van der Waals surface area contributed by atoms with E-state index in [4.69, 9.17) is 0 Å². The summed E-state index contributed by atoms with van der Waals surface area (Å²) in [5, 5.41) is 12.1. The predicted octanol–water partition coefficient (Wildman–Crippen LogP) is 1.28. The van der Waals surface area contributed by atoms with E-state index >= 15 is 0 Å². The Balaban J connectivity index is 2.38. The van der Waals surface area contributed by atoms with Crippen LogP contribution in [0.2, 0.25) is 0 Å². The molecular formula is C12H18N2O2. The lowest BCUT2D eigenvalue weighted by Crippen LogP contribution is -2.27. The first-order valence-electron chi connectivity index (χ1n) is 5.52. The highest BCUT2D eigenvalue weighted by Crippen LogP contribution is 2.00. The maximum Gasteiger partial charge on any atom is 0.252 e. The minimum absolute atomic E-state index is 0.143. The number of pyridine rings is 1. The second-order valence-corrected chi connectivity index (χ2v) is 3.79. The number of aliphatic hydroxyl groups excluding tert-OH is 1. The number of nitrogens with zero attached hydrogens (tertiary/aromatic N) is 1. The number of carbonyl (C=O) groups is 1. The summed E-state index contributed by atoms with van der Waals surface area (Å²) < 4.78 is 0. The van der Waals surface area contributed by atoms with Crippen LogP contribution in [0.5, 0.6) is 0 Å². The van der Waals surface area contributed by atoms with Crippen LogP contribution in [-0.4, -0.2) is 28.6 Å². The maximum atomic E-state index is 11.6. The van der Waals surface area contributed by atoms with Crippen LogP contribution in [0.25, 0.3) is 0 Å². The van der Waals surface area contributed by atoms with Crippen molar-refractivity contribution in [3.8, 4) is 0 Å². The van der Waals surface area contributed by atoms with Crippen molar-refractivity contribution >= 4 is 5.91 Å². The van der Waals surface area contributed by atoms with E-state index < -0.39 is 0 Å². The Hall–Kier alpha value is -1.42. The molecule has 0 aliphatic heterocycles. The molecule has 1 aromatic heterocycles. The van der Waals surface area contributed by atoms with Gasteiger partial charge in [-0.15, -0.1) is 0 Å². The second kappa shape index (κ2) is 6.23. The average molecular weight is 222 g/mol. The SMILES string of the molecule is CCC(O)CCNC(=O)c1ccc(C)nc1. The van der Waals surface area contributed by atoms with Gasteiger partial charge in [-0.25, -0.2) is 0 Å². The molecule has 0 saturated carbocycles. The molecule has 16 heavy (non-hydrogen) atoms. The molecular weight excluding hydrogens is 204 g/mol. The molecule has 0 bridgehead atoms. The van der Waals surface area contributed by atoms with Gasteiger partial charge in [0.1, 0.15) is 0 Å². The van der Waals surface area contributed by atoms with Crippen LogP contribution in [0.4, 0.5) is 0 Å². The summed E-state index contributed by atoms with van der Waals surface area (Å²) >= 11 is 0. The molecule has 1 unspecified atom stereocenters. The number of carbonyl (C=O) groups excluding carboxylic acids is 1. The van der Waals surface area contributed by atoms with E-state index in [0.29, 0.717) is 24.9 Å². The van der Waals surface area contributed by atoms with Gasteiger partial charge in [-0.3, -0.25) is 9.78 Å². The van der Waals surface area contributed by atoms with E-state index in [-0.39, 0.29) is 12.0 Å². The monoisotopic (exact) mass is 222 g/mol. The molecule has 0 spiro atoms. The molecule has 1 rings (SSSR count). The van der Waals surface area contributed by atoms with Crippen LogP contribution < -0.4 is 5.32 Å². The third-order valence-electron chi connectivity index (χ3n) is 2.41. The molecule has 0 aliphatic rings. The van der Waals surface area contributed by atoms with Gasteiger partial charge in [0.25, 0.3) is 5.91 Å². The number of aromatic nitrogens is 1. The van der Waals surface area contributed by atoms with Crippen molar-refractivity contribution in [3.63, 3.8) is 0 Å². The van der Waals surface area contributed by atoms with E-state index in [1.54, 1.807) is 18.3 Å². The van der Waals surface area contributed by atoms with Crippen molar-refractivity contribution in [3.05, 3.63) is 29.6 Å². The first kappa shape index (κ1) is 12.6. The van der Waals surface area contributed by atoms with Crippen LogP contribution in [-0.2, 0) is 0 Å². The van der Waals surface area contributed by atoms with E-state index in [1.807, 2.05) is 13.8 Å². The standard InChI is InChI=1S/C12H18N2O2/c1-3-11(15)6-7-13-12(16)10-5-4-9(2)14-8-10/h4-5,8,11,15H,3,6-7H2,1-2H3,(H,13,16). The average Bonchev–Trinajstić information content (AvgIpc) is 2.29. The normalized spacial score (nSPS) is 12.2. The fourth-order valence-corrected chi connectivity index (χ4v) is 1.26. The van der Waals surface area contributed by atoms with Gasteiger partial charge in [0.05, 0.1) is 11.7 Å². The van der Waals surface area contributed by atoms with Crippen molar-refractivity contribution < 1.29 is 9.90 Å². The highest BCUT2D eigenvalue weighted by atomic mass is 16.3. The number of hydrogen-bond donors (Lipinski definition) is 2. The summed E-state index contributed by atoms with van der Waals surface area (Å²) in [5.74, 6) is -0.143. The molecule has 88 valence electrons. The fourth-order valence-electron chi connectivity index (χ4n) is 1.26. The smallest absolute Gasteiger partial charge is 0.252 e. The molecule has 1 heterocycles. The molecule has 1 aromatic rings. The number of hydrogen-bond acceptors (Lipinski definition) is 3. The summed E-state index contributed by atoms with van der Waals surface area (Å²) in [6, 6.07) is 3.55. The molecule has 4 heteroatoms. The molecule has 1 atom stereocenters. The van der Waals surface area contributed by atoms with Crippen molar-refractivity contribution in [2.75, 3.05) is 6.54 Å². The van der Waals surface area contributed by atoms with E-state index in [1.165, 1.54) is 0 Å². The van der Waals surface area contributed by atoms with E-state index in [9.17, 15) is 9.90 Å². The van der Waals surface area contributed by atoms with Crippen LogP contribution >= 0.6 is 0 Å². The first-order chi connectivity index (χ1) is 7.63. The molecule has 0 radical (unpaired) electrons. The predicted molar refractivity (Wildman–Crippen MR) is 62.2 cm³/mol. The lowest BCUT2D eigenvalue weighted by molar-refractivity contribution is 0.0941. The molecule has 1 amide bonds. The molecule has 4 nitrogen and oxygen atoms in total. The van der Waals surface area contributed by atoms with Crippen molar-refractivity contribution in [1.82, 2.24) is 10.3 Å². The summed E-state index contributed by atoms with van der Waals surface area (Å²) in [6.45, 7) is 4.28. The Morgan fingerprint density at radius 3 is 2.88 bits per heavy atom. The van der Waals surface area contributed by atoms with Gasteiger partial charge < -0.3 is 10.4 Å². The molecule has 0 aliphatic carbocycles. The molecule has 0 aromatic carbocycles. The third kappa shape index (κ3) is 3.98. The summed E-state index contributed by atoms with van der Waals surface area (Å²) in [6.07, 6.45) is 2.51. The van der Waals surface area contributed by atoms with E-state index in [0.717, 1.165) is 5.69 Å². The fraction of sp³-hybridized carbons (Fsp3) is 0.500. The van der Waals surface area contributed by atoms with Crippen LogP contribution in [0.15, 0.2) is 18.3 Å². The van der Waals surface area contributed by atoms with Gasteiger partial charge in [0.2, 0.25) is 0 Å². The Morgan fingerprint density at radius 1 is 1.56 bits per heavy atom. The Labute approximate surface area is 95.7 Å². The van der Waals surface area contributed by atoms with Gasteiger partial charge in [0, 0.05) is 18.4 Å². The number of nitrogens with one attached hydrogen (secondary N) is 1. The Bertz CT molecular complexity index is 335. The highest BCUT2D eigenvalue weighted by Gasteiger charge is 2.06. The third-order valence-corrected chi connectivity index (χ3v) is 2.41. The molecule has 2 N–H and O–H groups in total. The minimum atomic E-state index is -0.337. The minimum Gasteiger partial charge on any atom is -0.393 e. The van der Waals surface area contributed by atoms with Gasteiger partial charge in [0.15, 0.2) is 0 Å². The van der Waals surface area contributed by atoms with Gasteiger partial charge in [-0.1, -0.05) is 6.92 Å². The number of amides is 1. The van der Waals surface area contributed by atoms with Gasteiger partial charge >= 0.3 is 0 Å². The van der Waals surface area contributed by atoms with Crippen molar-refractivity contribution in [2.45, 2.75) is 32.8 Å². The highest BCUT2D eigenvalue weighted by molar-refractivity contribution is 5.93. The first-order valence-corrected chi connectivity index (χ1v) is 5.52. The zero-order valence-corrected chi connectivity index (χ0v) is 9.73. The Morgan fingerprint density at radius 2 is 2.31 bits per heavy atom. The van der Waals surface area contributed by atoms with Crippen LogP contribution in [0, 0.1) is 6.92 Å². The summed E-state index contributed by atoms with van der Waals surface area (Å²) in [7, 11) is 0. The van der Waals surface area contributed by atoms with Crippen molar-refractivity contribution in [2.24, 2.45) is 0 Å². The Kier molecular flexibility index (Phi) is 4.92. The largest absolute Gasteiger partial charge is 0.393 e. The zero-order valence-electron chi connectivity index (χ0n) is 9.73. The zero-order chi connectivity index (χ0) is 12.0. The number of aryl methyl sites for hydroxylation is 1. The summed E-state index contributed by atoms with van der Waals surface area (Å²) in [5.41, 5.74) is 1.44. The van der Waals surface area contributed by atoms with E-state index in [2.05, 4.69) is 10.3 Å². The lowest BCUT2D eigenvalue weighted by atomic mass is 10.2. The molecule has 0 saturated heterocycles. The maximum absolute atomic E-state index is 11.6. The van der Waals surface area contributed by atoms with Crippen molar-refractivity contribution in [1.29, 1.82) is 0 Å².